The van der Waals surface area contributed by atoms with Crippen molar-refractivity contribution in [1.82, 2.24) is 5.32 Å². The van der Waals surface area contributed by atoms with Crippen LogP contribution in [-0.2, 0) is 28.4 Å². The van der Waals surface area contributed by atoms with Gasteiger partial charge in [-0.25, -0.2) is 4.79 Å². The average Bonchev–Trinajstić information content (AvgIpc) is 3.13. The highest BCUT2D eigenvalue weighted by atomic mass is 35.5. The molecular weight excluding hydrogens is 464 g/mol. The van der Waals surface area contributed by atoms with Crippen molar-refractivity contribution in [2.24, 2.45) is 5.92 Å². The molecule has 3 atom stereocenters. The summed E-state index contributed by atoms with van der Waals surface area (Å²) in [5, 5.41) is 12.9. The topological polar surface area (TPSA) is 128 Å². The summed E-state index contributed by atoms with van der Waals surface area (Å²) in [6.45, 7) is 3.54. The molecule has 1 aliphatic heterocycles. The fourth-order valence-corrected chi connectivity index (χ4v) is 3.65. The summed E-state index contributed by atoms with van der Waals surface area (Å²) in [5.41, 5.74) is 0.137. The Kier molecular flexibility index (Phi) is 9.51. The third-order valence-electron chi connectivity index (χ3n) is 4.74. The molecule has 1 aromatic carbocycles. The van der Waals surface area contributed by atoms with Crippen molar-refractivity contribution in [1.29, 1.82) is 0 Å². The smallest absolute Gasteiger partial charge is 0.507 e. The maximum Gasteiger partial charge on any atom is 0.531 e. The van der Waals surface area contributed by atoms with Crippen LogP contribution in [0.2, 0.25) is 15.9 Å². The van der Waals surface area contributed by atoms with Gasteiger partial charge in [0.2, 0.25) is 0 Å². The van der Waals surface area contributed by atoms with Gasteiger partial charge in [0.15, 0.2) is 18.0 Å². The van der Waals surface area contributed by atoms with E-state index in [1.807, 2.05) is 13.8 Å². The van der Waals surface area contributed by atoms with E-state index in [9.17, 15) is 24.3 Å². The first-order valence-corrected chi connectivity index (χ1v) is 10.7. The molecule has 0 aliphatic carbocycles. The number of amides is 1. The molecule has 1 aliphatic rings. The molecule has 2 N–H and O–H groups in total. The Morgan fingerprint density at radius 2 is 1.97 bits per heavy atom. The lowest BCUT2D eigenvalue weighted by atomic mass is 9.66. The number of aliphatic hydroxyl groups excluding tert-OH is 1. The summed E-state index contributed by atoms with van der Waals surface area (Å²) >= 11 is 11.9. The minimum Gasteiger partial charge on any atom is -0.507 e. The number of halogens is 2. The lowest BCUT2D eigenvalue weighted by Crippen LogP contribution is -2.39. The molecule has 1 amide bonds. The molecule has 0 bridgehead atoms. The zero-order chi connectivity index (χ0) is 24.0. The maximum absolute atomic E-state index is 12.5. The fraction of sp³-hybridized carbons (Fsp3) is 0.500. The molecule has 12 heteroatoms. The zero-order valence-corrected chi connectivity index (χ0v) is 19.3. The molecule has 0 radical (unpaired) electrons. The Morgan fingerprint density at radius 3 is 2.59 bits per heavy atom. The number of carbonyl (C=O) groups is 4. The molecule has 1 saturated heterocycles. The fourth-order valence-electron chi connectivity index (χ4n) is 3.27. The van der Waals surface area contributed by atoms with Crippen LogP contribution in [0.15, 0.2) is 18.2 Å². The molecular formula is C20H24BCl2NO8. The van der Waals surface area contributed by atoms with Gasteiger partial charge in [0.05, 0.1) is 24.2 Å². The van der Waals surface area contributed by atoms with Crippen LogP contribution >= 0.6 is 23.2 Å². The van der Waals surface area contributed by atoms with Gasteiger partial charge in [-0.2, -0.15) is 0 Å². The molecule has 1 fully saturated rings. The third kappa shape index (κ3) is 6.93. The number of rotatable bonds is 10. The second-order valence-corrected chi connectivity index (χ2v) is 8.61. The Morgan fingerprint density at radius 1 is 1.28 bits per heavy atom. The first-order valence-electron chi connectivity index (χ1n) is 9.90. The molecule has 0 spiro atoms. The van der Waals surface area contributed by atoms with E-state index in [-0.39, 0.29) is 35.3 Å². The van der Waals surface area contributed by atoms with Gasteiger partial charge >= 0.3 is 19.1 Å². The lowest BCUT2D eigenvalue weighted by molar-refractivity contribution is -0.160. The van der Waals surface area contributed by atoms with E-state index >= 15 is 0 Å². The number of methoxy groups -OCH3 is 1. The highest BCUT2D eigenvalue weighted by Crippen LogP contribution is 2.31. The summed E-state index contributed by atoms with van der Waals surface area (Å²) in [7, 11) is -0.0646. The van der Waals surface area contributed by atoms with Crippen molar-refractivity contribution in [3.8, 4) is 0 Å². The highest BCUT2D eigenvalue weighted by molar-refractivity contribution is 6.51. The second-order valence-electron chi connectivity index (χ2n) is 7.77. The first kappa shape index (κ1) is 26.1. The molecule has 1 aromatic rings. The van der Waals surface area contributed by atoms with Gasteiger partial charge in [0.25, 0.3) is 5.91 Å². The molecule has 1 heterocycles. The Labute approximate surface area is 195 Å². The van der Waals surface area contributed by atoms with Crippen LogP contribution in [0, 0.1) is 5.92 Å². The average molecular weight is 488 g/mol. The number of ether oxygens (including phenoxy) is 1. The van der Waals surface area contributed by atoms with Crippen molar-refractivity contribution >= 4 is 53.9 Å². The zero-order valence-electron chi connectivity index (χ0n) is 17.8. The van der Waals surface area contributed by atoms with Crippen molar-refractivity contribution < 1.29 is 38.3 Å². The van der Waals surface area contributed by atoms with Crippen LogP contribution in [0.25, 0.3) is 0 Å². The van der Waals surface area contributed by atoms with Crippen molar-refractivity contribution in [2.45, 2.75) is 44.7 Å². The van der Waals surface area contributed by atoms with Gasteiger partial charge < -0.3 is 24.5 Å². The van der Waals surface area contributed by atoms with Crippen LogP contribution < -0.4 is 5.32 Å². The third-order valence-corrected chi connectivity index (χ3v) is 5.31. The number of hydrogen-bond acceptors (Lipinski definition) is 8. The van der Waals surface area contributed by atoms with E-state index in [0.717, 1.165) is 7.11 Å². The van der Waals surface area contributed by atoms with E-state index in [1.54, 1.807) is 0 Å². The van der Waals surface area contributed by atoms with Gasteiger partial charge in [-0.1, -0.05) is 37.0 Å². The number of Topliss-reactive ketones (excluding diaryl/α,β-unsaturated/α-hetero) is 1. The quantitative estimate of drug-likeness (QED) is 0.379. The molecule has 9 nitrogen and oxygen atoms in total. The molecule has 174 valence electrons. The van der Waals surface area contributed by atoms with Gasteiger partial charge in [0.1, 0.15) is 0 Å². The Balaban J connectivity index is 2.00. The van der Waals surface area contributed by atoms with Crippen LogP contribution in [0.4, 0.5) is 0 Å². The van der Waals surface area contributed by atoms with Crippen LogP contribution in [0.5, 0.6) is 0 Å². The number of hydrogen-bond donors (Lipinski definition) is 2. The number of aliphatic hydroxyl groups is 1. The number of carbonyl (C=O) groups excluding carboxylic acids is 4. The SMILES string of the molecule is COC(=O)[C@H](O)[C@H]1OB([C@@H](CC(=O)CNC(=O)c2cc(Cl)ccc2Cl)CC(C)C)OC1=O. The standard InChI is InChI=1S/C20H24BCl2NO8/c1-10(2)6-11(21-31-17(20(29)32-21)16(26)19(28)30-3)7-13(25)9-24-18(27)14-8-12(22)4-5-15(14)23/h4-5,8,10-11,16-17,26H,6-7,9H2,1-3H3,(H,24,27)/t11-,16-,17-/m1/s1. The first-order chi connectivity index (χ1) is 15.0. The maximum atomic E-state index is 12.5. The van der Waals surface area contributed by atoms with Crippen LogP contribution in [0.1, 0.15) is 37.0 Å². The predicted molar refractivity (Wildman–Crippen MR) is 116 cm³/mol. The number of esters is 1. The normalized spacial score (nSPS) is 17.7. The van der Waals surface area contributed by atoms with E-state index < -0.39 is 43.0 Å². The van der Waals surface area contributed by atoms with Gasteiger partial charge in [0, 0.05) is 17.3 Å². The van der Waals surface area contributed by atoms with Gasteiger partial charge in [-0.3, -0.25) is 14.4 Å². The molecule has 0 unspecified atom stereocenters. The minimum atomic E-state index is -1.84. The summed E-state index contributed by atoms with van der Waals surface area (Å²) in [6, 6.07) is 4.41. The molecule has 0 aromatic heterocycles. The lowest BCUT2D eigenvalue weighted by Gasteiger charge is -2.20. The Hall–Kier alpha value is -2.14. The van der Waals surface area contributed by atoms with Crippen molar-refractivity contribution in [3.05, 3.63) is 33.8 Å². The Bertz CT molecular complexity index is 881. The predicted octanol–water partition coefficient (Wildman–Crippen LogP) is 2.06. The molecule has 0 saturated carbocycles. The summed E-state index contributed by atoms with van der Waals surface area (Å²) in [6.07, 6.45) is -2.99. The summed E-state index contributed by atoms with van der Waals surface area (Å²) < 4.78 is 15.0. The minimum absolute atomic E-state index is 0.0687. The van der Waals surface area contributed by atoms with Crippen LogP contribution in [-0.4, -0.2) is 61.7 Å². The summed E-state index contributed by atoms with van der Waals surface area (Å²) in [4.78, 5) is 48.4. The number of benzene rings is 1. The summed E-state index contributed by atoms with van der Waals surface area (Å²) in [5.74, 6) is -3.27. The van der Waals surface area contributed by atoms with Crippen LogP contribution in [0.3, 0.4) is 0 Å². The number of ketones is 1. The second kappa shape index (κ2) is 11.6. The van der Waals surface area contributed by atoms with E-state index in [0.29, 0.717) is 11.4 Å². The van der Waals surface area contributed by atoms with Crippen molar-refractivity contribution in [3.63, 3.8) is 0 Å². The van der Waals surface area contributed by atoms with E-state index in [2.05, 4.69) is 10.1 Å². The van der Waals surface area contributed by atoms with E-state index in [1.165, 1.54) is 18.2 Å². The highest BCUT2D eigenvalue weighted by Gasteiger charge is 2.50. The monoisotopic (exact) mass is 487 g/mol. The largest absolute Gasteiger partial charge is 0.531 e. The number of nitrogens with one attached hydrogen (secondary N) is 1. The van der Waals surface area contributed by atoms with Gasteiger partial charge in [-0.15, -0.1) is 0 Å². The molecule has 32 heavy (non-hydrogen) atoms. The van der Waals surface area contributed by atoms with E-state index in [4.69, 9.17) is 32.5 Å². The van der Waals surface area contributed by atoms with Gasteiger partial charge in [-0.05, 0) is 30.5 Å². The van der Waals surface area contributed by atoms with Crippen molar-refractivity contribution in [2.75, 3.05) is 13.7 Å². The molecule has 2 rings (SSSR count).